The van der Waals surface area contributed by atoms with Crippen LogP contribution in [-0.4, -0.2) is 59.6 Å². The lowest BCUT2D eigenvalue weighted by Gasteiger charge is -2.16. The van der Waals surface area contributed by atoms with Crippen molar-refractivity contribution in [1.29, 1.82) is 0 Å². The average Bonchev–Trinajstić information content (AvgIpc) is 3.33. The van der Waals surface area contributed by atoms with Crippen LogP contribution in [0.2, 0.25) is 0 Å². The van der Waals surface area contributed by atoms with E-state index in [0.29, 0.717) is 5.88 Å². The molecule has 178 valence electrons. The molecule has 1 aliphatic rings. The molecule has 0 aliphatic carbocycles. The molecule has 0 aromatic carbocycles. The summed E-state index contributed by atoms with van der Waals surface area (Å²) in [4.78, 5) is 16.8. The summed E-state index contributed by atoms with van der Waals surface area (Å²) in [6.45, 7) is 8.31. The second kappa shape index (κ2) is 13.3. The minimum atomic E-state index is 0.645. The third-order valence-electron chi connectivity index (χ3n) is 5.38. The van der Waals surface area contributed by atoms with Crippen LogP contribution in [0, 0.1) is 0 Å². The quantitative estimate of drug-likeness (QED) is 0.464. The van der Waals surface area contributed by atoms with Crippen LogP contribution >= 0.6 is 11.8 Å². The van der Waals surface area contributed by atoms with Gasteiger partial charge in [0, 0.05) is 25.4 Å². The van der Waals surface area contributed by atoms with Crippen LogP contribution in [0.1, 0.15) is 37.9 Å². The van der Waals surface area contributed by atoms with Crippen LogP contribution in [-0.2, 0) is 13.0 Å². The van der Waals surface area contributed by atoms with Gasteiger partial charge in [0.2, 0.25) is 5.88 Å². The van der Waals surface area contributed by atoms with E-state index in [1.54, 1.807) is 18.9 Å². The largest absolute Gasteiger partial charge is 0.481 e. The summed E-state index contributed by atoms with van der Waals surface area (Å²) in [5.41, 5.74) is 4.20. The molecule has 7 nitrogen and oxygen atoms in total. The van der Waals surface area contributed by atoms with Gasteiger partial charge in [-0.25, -0.2) is 4.98 Å². The molecule has 4 heterocycles. The number of pyridine rings is 3. The Morgan fingerprint density at radius 3 is 2.85 bits per heavy atom. The highest BCUT2D eigenvalue weighted by Crippen LogP contribution is 2.35. The molecule has 0 saturated carbocycles. The predicted molar refractivity (Wildman–Crippen MR) is 135 cm³/mol. The monoisotopic (exact) mass is 469 g/mol. The van der Waals surface area contributed by atoms with Crippen LogP contribution in [0.3, 0.4) is 0 Å². The second-order valence-electron chi connectivity index (χ2n) is 7.91. The van der Waals surface area contributed by atoms with Crippen molar-refractivity contribution in [2.24, 2.45) is 0 Å². The van der Waals surface area contributed by atoms with E-state index in [9.17, 15) is 0 Å². The van der Waals surface area contributed by atoms with Crippen molar-refractivity contribution < 1.29 is 9.47 Å². The molecule has 3 aromatic heterocycles. The molecule has 0 bridgehead atoms. The standard InChI is InChI=1S/C16H23N3O.C9H12N2OS/c1-4-5-11-19(2)12-9-13-8-10-17-14-6-7-15(20-3)18-16(13)14;1-2-10-4-7-3-9-8(5-11-7)12-6-13-9/h6-8,10H,4-5,9,11-12H2,1-3H3;3,5,10H,2,4,6H2,1H3. The number of nitrogens with one attached hydrogen (secondary N) is 1. The van der Waals surface area contributed by atoms with Gasteiger partial charge in [0.25, 0.3) is 0 Å². The fourth-order valence-electron chi connectivity index (χ4n) is 3.42. The van der Waals surface area contributed by atoms with Crippen molar-refractivity contribution in [3.05, 3.63) is 47.9 Å². The molecule has 0 fully saturated rings. The highest BCUT2D eigenvalue weighted by molar-refractivity contribution is 7.99. The van der Waals surface area contributed by atoms with E-state index < -0.39 is 0 Å². The molecule has 4 rings (SSSR count). The van der Waals surface area contributed by atoms with Crippen molar-refractivity contribution >= 4 is 22.8 Å². The van der Waals surface area contributed by atoms with Crippen LogP contribution in [0.5, 0.6) is 11.6 Å². The van der Waals surface area contributed by atoms with E-state index in [4.69, 9.17) is 9.47 Å². The number of rotatable bonds is 10. The number of ether oxygens (including phenoxy) is 2. The summed E-state index contributed by atoms with van der Waals surface area (Å²) in [5.74, 6) is 2.29. The molecular weight excluding hydrogens is 434 g/mol. The van der Waals surface area contributed by atoms with Gasteiger partial charge in [-0.3, -0.25) is 9.97 Å². The van der Waals surface area contributed by atoms with Gasteiger partial charge in [-0.1, -0.05) is 32.0 Å². The van der Waals surface area contributed by atoms with Crippen molar-refractivity contribution in [3.63, 3.8) is 0 Å². The fourth-order valence-corrected chi connectivity index (χ4v) is 4.21. The molecule has 0 saturated heterocycles. The molecule has 8 heteroatoms. The normalized spacial score (nSPS) is 12.3. The third-order valence-corrected chi connectivity index (χ3v) is 6.25. The molecule has 0 amide bonds. The minimum absolute atomic E-state index is 0.645. The first-order valence-corrected chi connectivity index (χ1v) is 12.6. The molecule has 33 heavy (non-hydrogen) atoms. The van der Waals surface area contributed by atoms with E-state index >= 15 is 0 Å². The zero-order valence-corrected chi connectivity index (χ0v) is 21.0. The average molecular weight is 470 g/mol. The Bertz CT molecular complexity index is 1020. The fraction of sp³-hybridized carbons (Fsp3) is 0.480. The third kappa shape index (κ3) is 7.55. The number of likely N-dealkylation sites (N-methyl/N-ethyl adjacent to an activating group) is 1. The molecule has 0 radical (unpaired) electrons. The Balaban J connectivity index is 0.000000203. The van der Waals surface area contributed by atoms with Crippen molar-refractivity contribution in [3.8, 4) is 11.6 Å². The number of nitrogens with zero attached hydrogens (tertiary/aromatic N) is 4. The number of thioether (sulfide) groups is 1. The first-order valence-electron chi connectivity index (χ1n) is 11.6. The molecule has 0 spiro atoms. The first kappa shape index (κ1) is 25.2. The highest BCUT2D eigenvalue weighted by atomic mass is 32.2. The lowest BCUT2D eigenvalue weighted by Crippen LogP contribution is -2.22. The zero-order valence-electron chi connectivity index (χ0n) is 20.1. The van der Waals surface area contributed by atoms with Crippen LogP contribution in [0.4, 0.5) is 0 Å². The van der Waals surface area contributed by atoms with Crippen molar-refractivity contribution in [2.45, 2.75) is 44.6 Å². The Morgan fingerprint density at radius 1 is 1.18 bits per heavy atom. The number of hydrogen-bond donors (Lipinski definition) is 1. The SMILES string of the molecule is CCCCN(C)CCc1ccnc2ccc(OC)nc12.CCNCc1cc2c(cn1)OCS2. The molecule has 1 aliphatic heterocycles. The van der Waals surface area contributed by atoms with E-state index in [1.165, 1.54) is 23.3 Å². The molecular formula is C25H35N5O2S. The second-order valence-corrected chi connectivity index (χ2v) is 8.87. The molecule has 3 aromatic rings. The van der Waals surface area contributed by atoms with Crippen molar-refractivity contribution in [2.75, 3.05) is 39.7 Å². The van der Waals surface area contributed by atoms with Gasteiger partial charge in [0.15, 0.2) is 5.75 Å². The number of unbranched alkanes of at least 4 members (excludes halogenated alkanes) is 1. The Morgan fingerprint density at radius 2 is 2.06 bits per heavy atom. The number of fused-ring (bicyclic) bond motifs is 2. The maximum Gasteiger partial charge on any atom is 0.213 e. The predicted octanol–water partition coefficient (Wildman–Crippen LogP) is 4.55. The van der Waals surface area contributed by atoms with E-state index in [0.717, 1.165) is 61.0 Å². The van der Waals surface area contributed by atoms with Gasteiger partial charge >= 0.3 is 0 Å². The maximum absolute atomic E-state index is 5.34. The van der Waals surface area contributed by atoms with Crippen LogP contribution < -0.4 is 14.8 Å². The summed E-state index contributed by atoms with van der Waals surface area (Å²) in [6.07, 6.45) is 7.14. The summed E-state index contributed by atoms with van der Waals surface area (Å²) in [5, 5.41) is 3.24. The Labute approximate surface area is 201 Å². The van der Waals surface area contributed by atoms with E-state index in [1.807, 2.05) is 24.5 Å². The molecule has 0 atom stereocenters. The van der Waals surface area contributed by atoms with Crippen molar-refractivity contribution in [1.82, 2.24) is 25.2 Å². The summed E-state index contributed by atoms with van der Waals surface area (Å²) in [6, 6.07) is 7.97. The van der Waals surface area contributed by atoms with Crippen LogP contribution in [0.15, 0.2) is 41.6 Å². The van der Waals surface area contributed by atoms with Crippen LogP contribution in [0.25, 0.3) is 11.0 Å². The first-order chi connectivity index (χ1) is 16.1. The Kier molecular flexibility index (Phi) is 10.2. The van der Waals surface area contributed by atoms with E-state index in [-0.39, 0.29) is 0 Å². The summed E-state index contributed by atoms with van der Waals surface area (Å²) < 4.78 is 10.5. The number of aromatic nitrogens is 3. The van der Waals surface area contributed by atoms with Gasteiger partial charge in [-0.05, 0) is 56.7 Å². The van der Waals surface area contributed by atoms with Gasteiger partial charge in [0.1, 0.15) is 5.94 Å². The lowest BCUT2D eigenvalue weighted by molar-refractivity contribution is 0.332. The smallest absolute Gasteiger partial charge is 0.213 e. The van der Waals surface area contributed by atoms with Gasteiger partial charge in [0.05, 0.1) is 34.9 Å². The summed E-state index contributed by atoms with van der Waals surface area (Å²) in [7, 11) is 3.82. The van der Waals surface area contributed by atoms with Gasteiger partial charge in [-0.15, -0.1) is 0 Å². The highest BCUT2D eigenvalue weighted by Gasteiger charge is 2.13. The molecule has 1 N–H and O–H groups in total. The topological polar surface area (TPSA) is 72.4 Å². The lowest BCUT2D eigenvalue weighted by atomic mass is 10.1. The number of hydrogen-bond acceptors (Lipinski definition) is 8. The van der Waals surface area contributed by atoms with Gasteiger partial charge in [-0.2, -0.15) is 0 Å². The minimum Gasteiger partial charge on any atom is -0.481 e. The molecule has 0 unspecified atom stereocenters. The number of methoxy groups -OCH3 is 1. The zero-order chi connectivity index (χ0) is 23.5. The maximum atomic E-state index is 5.34. The van der Waals surface area contributed by atoms with E-state index in [2.05, 4.69) is 58.2 Å². The van der Waals surface area contributed by atoms with Gasteiger partial charge < -0.3 is 19.7 Å². The summed E-state index contributed by atoms with van der Waals surface area (Å²) >= 11 is 1.73. The Hall–Kier alpha value is -2.42.